The van der Waals surface area contributed by atoms with Gasteiger partial charge in [-0.3, -0.25) is 4.79 Å². The van der Waals surface area contributed by atoms with E-state index >= 15 is 0 Å². The lowest BCUT2D eigenvalue weighted by molar-refractivity contribution is 0.0600. The maximum absolute atomic E-state index is 12.3. The number of hydrogen-bond donors (Lipinski definition) is 1. The molecule has 0 atom stereocenters. The summed E-state index contributed by atoms with van der Waals surface area (Å²) in [5.74, 6) is -0.739. The molecule has 1 heterocycles. The van der Waals surface area contributed by atoms with E-state index in [-0.39, 0.29) is 5.91 Å². The molecular weight excluding hydrogens is 292 g/mol. The molecule has 0 saturated carbocycles. The lowest BCUT2D eigenvalue weighted by atomic mass is 10.2. The van der Waals surface area contributed by atoms with Gasteiger partial charge < -0.3 is 14.6 Å². The molecule has 6 heteroatoms. The number of rotatable bonds is 4. The van der Waals surface area contributed by atoms with Gasteiger partial charge in [-0.15, -0.1) is 0 Å². The molecule has 21 heavy (non-hydrogen) atoms. The number of nitrogens with one attached hydrogen (secondary N) is 1. The molecule has 5 nitrogen and oxygen atoms in total. The highest BCUT2D eigenvalue weighted by atomic mass is 35.5. The molecule has 1 aromatic carbocycles. The molecule has 1 amide bonds. The van der Waals surface area contributed by atoms with Crippen LogP contribution in [0.25, 0.3) is 0 Å². The van der Waals surface area contributed by atoms with Gasteiger partial charge in [0.15, 0.2) is 0 Å². The van der Waals surface area contributed by atoms with Crippen LogP contribution in [0.4, 0.5) is 5.69 Å². The maximum atomic E-state index is 12.3. The third-order valence-electron chi connectivity index (χ3n) is 2.98. The van der Waals surface area contributed by atoms with Gasteiger partial charge in [0.25, 0.3) is 5.91 Å². The first-order valence-corrected chi connectivity index (χ1v) is 6.78. The molecule has 0 unspecified atom stereocenters. The second kappa shape index (κ2) is 6.45. The number of benzene rings is 1. The summed E-state index contributed by atoms with van der Waals surface area (Å²) in [5.41, 5.74) is 1.35. The highest BCUT2D eigenvalue weighted by Crippen LogP contribution is 2.17. The molecule has 2 aromatic rings. The Morgan fingerprint density at radius 1 is 1.33 bits per heavy atom. The van der Waals surface area contributed by atoms with Crippen LogP contribution in [0.2, 0.25) is 5.02 Å². The molecular formula is C15H15ClN2O3. The first kappa shape index (κ1) is 15.1. The Morgan fingerprint density at radius 3 is 2.76 bits per heavy atom. The standard InChI is InChI=1S/C15H15ClN2O3/c1-3-18-9-11(16)8-13(18)14(19)17-12-6-4-5-10(7-12)15(20)21-2/h4-9H,3H2,1-2H3,(H,17,19). The zero-order valence-corrected chi connectivity index (χ0v) is 12.5. The molecule has 0 radical (unpaired) electrons. The van der Waals surface area contributed by atoms with Gasteiger partial charge >= 0.3 is 5.97 Å². The van der Waals surface area contributed by atoms with E-state index in [2.05, 4.69) is 10.1 Å². The Bertz CT molecular complexity index is 679. The van der Waals surface area contributed by atoms with E-state index in [1.54, 1.807) is 41.1 Å². The maximum Gasteiger partial charge on any atom is 0.337 e. The number of anilines is 1. The summed E-state index contributed by atoms with van der Waals surface area (Å²) in [6.45, 7) is 2.56. The SMILES string of the molecule is CCn1cc(Cl)cc1C(=O)Nc1cccc(C(=O)OC)c1. The largest absolute Gasteiger partial charge is 0.465 e. The number of aromatic nitrogens is 1. The van der Waals surface area contributed by atoms with Crippen molar-refractivity contribution in [1.29, 1.82) is 0 Å². The van der Waals surface area contributed by atoms with Crippen molar-refractivity contribution in [2.45, 2.75) is 13.5 Å². The van der Waals surface area contributed by atoms with Crippen LogP contribution in [0.1, 0.15) is 27.8 Å². The predicted molar refractivity (Wildman–Crippen MR) is 80.9 cm³/mol. The van der Waals surface area contributed by atoms with Crippen molar-refractivity contribution in [3.63, 3.8) is 0 Å². The number of hydrogen-bond acceptors (Lipinski definition) is 3. The number of esters is 1. The molecule has 0 bridgehead atoms. The topological polar surface area (TPSA) is 60.3 Å². The Hall–Kier alpha value is -2.27. The fraction of sp³-hybridized carbons (Fsp3) is 0.200. The van der Waals surface area contributed by atoms with E-state index in [0.29, 0.717) is 28.5 Å². The molecule has 0 spiro atoms. The molecule has 0 aliphatic rings. The van der Waals surface area contributed by atoms with Gasteiger partial charge in [-0.05, 0) is 31.2 Å². The van der Waals surface area contributed by atoms with E-state index in [1.165, 1.54) is 7.11 Å². The van der Waals surface area contributed by atoms with Gasteiger partial charge in [0, 0.05) is 18.4 Å². The van der Waals surface area contributed by atoms with E-state index in [0.717, 1.165) is 0 Å². The summed E-state index contributed by atoms with van der Waals surface area (Å²) in [7, 11) is 1.31. The van der Waals surface area contributed by atoms with Crippen LogP contribution >= 0.6 is 11.6 Å². The zero-order chi connectivity index (χ0) is 15.4. The Kier molecular flexibility index (Phi) is 4.65. The van der Waals surface area contributed by atoms with Crippen LogP contribution in [0.5, 0.6) is 0 Å². The van der Waals surface area contributed by atoms with Gasteiger partial charge in [-0.1, -0.05) is 17.7 Å². The van der Waals surface area contributed by atoms with Gasteiger partial charge in [-0.2, -0.15) is 0 Å². The van der Waals surface area contributed by atoms with E-state index in [1.807, 2.05) is 6.92 Å². The minimum Gasteiger partial charge on any atom is -0.465 e. The zero-order valence-electron chi connectivity index (χ0n) is 11.7. The average Bonchev–Trinajstić information content (AvgIpc) is 2.88. The highest BCUT2D eigenvalue weighted by molar-refractivity contribution is 6.31. The van der Waals surface area contributed by atoms with E-state index in [4.69, 9.17) is 11.6 Å². The van der Waals surface area contributed by atoms with Crippen LogP contribution in [0.3, 0.4) is 0 Å². The number of carbonyl (C=O) groups is 2. The Labute approximate surface area is 127 Å². The molecule has 1 N–H and O–H groups in total. The van der Waals surface area contributed by atoms with Crippen molar-refractivity contribution >= 4 is 29.2 Å². The van der Waals surface area contributed by atoms with Crippen LogP contribution in [0, 0.1) is 0 Å². The van der Waals surface area contributed by atoms with Crippen molar-refractivity contribution < 1.29 is 14.3 Å². The first-order chi connectivity index (χ1) is 10.0. The fourth-order valence-corrected chi connectivity index (χ4v) is 2.18. The van der Waals surface area contributed by atoms with Crippen molar-refractivity contribution in [1.82, 2.24) is 4.57 Å². The highest BCUT2D eigenvalue weighted by Gasteiger charge is 2.13. The van der Waals surface area contributed by atoms with Gasteiger partial charge in [-0.25, -0.2) is 4.79 Å². The normalized spacial score (nSPS) is 10.2. The number of carbonyl (C=O) groups excluding carboxylic acids is 2. The number of methoxy groups -OCH3 is 1. The minimum absolute atomic E-state index is 0.286. The Morgan fingerprint density at radius 2 is 2.10 bits per heavy atom. The number of amides is 1. The number of aryl methyl sites for hydroxylation is 1. The molecule has 1 aromatic heterocycles. The third-order valence-corrected chi connectivity index (χ3v) is 3.18. The lowest BCUT2D eigenvalue weighted by Crippen LogP contribution is -2.16. The first-order valence-electron chi connectivity index (χ1n) is 6.40. The third kappa shape index (κ3) is 3.44. The average molecular weight is 307 g/mol. The molecule has 110 valence electrons. The van der Waals surface area contributed by atoms with Crippen molar-refractivity contribution in [2.75, 3.05) is 12.4 Å². The molecule has 0 aliphatic carbocycles. The number of ether oxygens (including phenoxy) is 1. The van der Waals surface area contributed by atoms with Crippen LogP contribution in [0.15, 0.2) is 36.5 Å². The summed E-state index contributed by atoms with van der Waals surface area (Å²) >= 11 is 5.91. The number of halogens is 1. The number of nitrogens with zero attached hydrogens (tertiary/aromatic N) is 1. The second-order valence-corrected chi connectivity index (χ2v) is 4.79. The van der Waals surface area contributed by atoms with Crippen LogP contribution < -0.4 is 5.32 Å². The molecule has 0 saturated heterocycles. The summed E-state index contributed by atoms with van der Waals surface area (Å²) in [5, 5.41) is 3.24. The van der Waals surface area contributed by atoms with Gasteiger partial charge in [0.1, 0.15) is 5.69 Å². The van der Waals surface area contributed by atoms with Crippen molar-refractivity contribution in [3.05, 3.63) is 52.8 Å². The Balaban J connectivity index is 2.21. The summed E-state index contributed by atoms with van der Waals surface area (Å²) in [4.78, 5) is 23.7. The van der Waals surface area contributed by atoms with E-state index < -0.39 is 5.97 Å². The molecule has 2 rings (SSSR count). The van der Waals surface area contributed by atoms with Crippen molar-refractivity contribution in [2.24, 2.45) is 0 Å². The quantitative estimate of drug-likeness (QED) is 0.882. The summed E-state index contributed by atoms with van der Waals surface area (Å²) in [6.07, 6.45) is 1.70. The summed E-state index contributed by atoms with van der Waals surface area (Å²) < 4.78 is 6.40. The fourth-order valence-electron chi connectivity index (χ4n) is 1.96. The second-order valence-electron chi connectivity index (χ2n) is 4.36. The van der Waals surface area contributed by atoms with Crippen molar-refractivity contribution in [3.8, 4) is 0 Å². The van der Waals surface area contributed by atoms with Gasteiger partial charge in [0.05, 0.1) is 17.7 Å². The van der Waals surface area contributed by atoms with E-state index in [9.17, 15) is 9.59 Å². The summed E-state index contributed by atoms with van der Waals surface area (Å²) in [6, 6.07) is 8.15. The van der Waals surface area contributed by atoms with Gasteiger partial charge in [0.2, 0.25) is 0 Å². The minimum atomic E-state index is -0.453. The molecule has 0 fully saturated rings. The van der Waals surface area contributed by atoms with Crippen LogP contribution in [-0.2, 0) is 11.3 Å². The monoisotopic (exact) mass is 306 g/mol. The lowest BCUT2D eigenvalue weighted by Gasteiger charge is -2.08. The smallest absolute Gasteiger partial charge is 0.337 e. The molecule has 0 aliphatic heterocycles. The van der Waals surface area contributed by atoms with Crippen LogP contribution in [-0.4, -0.2) is 23.6 Å². The predicted octanol–water partition coefficient (Wildman–Crippen LogP) is 3.20.